The summed E-state index contributed by atoms with van der Waals surface area (Å²) in [6.45, 7) is 13.4. The molecule has 8 nitrogen and oxygen atoms in total. The maximum Gasteiger partial charge on any atom is 0.264 e. The maximum atomic E-state index is 14.9. The van der Waals surface area contributed by atoms with E-state index in [1.54, 1.807) is 31.4 Å². The first kappa shape index (κ1) is 36.1. The summed E-state index contributed by atoms with van der Waals surface area (Å²) in [6.07, 6.45) is 6.31. The Morgan fingerprint density at radius 3 is 2.39 bits per heavy atom. The van der Waals surface area contributed by atoms with Crippen LogP contribution in [0.3, 0.4) is 0 Å². The number of nitrogens with zero attached hydrogens (tertiary/aromatic N) is 1. The van der Waals surface area contributed by atoms with Crippen LogP contribution in [0.4, 0.5) is 17.1 Å². The molecule has 1 saturated heterocycles. The third kappa shape index (κ3) is 7.11. The van der Waals surface area contributed by atoms with Gasteiger partial charge in [0.2, 0.25) is 0 Å². The zero-order valence-corrected chi connectivity index (χ0v) is 30.9. The fourth-order valence-corrected chi connectivity index (χ4v) is 11.8. The van der Waals surface area contributed by atoms with Gasteiger partial charge in [-0.3, -0.25) is 9.59 Å². The summed E-state index contributed by atoms with van der Waals surface area (Å²) in [5.41, 5.74) is 10.3. The first-order valence-corrected chi connectivity index (χ1v) is 20.3. The molecule has 49 heavy (non-hydrogen) atoms. The Hall–Kier alpha value is -4.18. The van der Waals surface area contributed by atoms with Crippen LogP contribution in [-0.2, 0) is 15.1 Å². The Morgan fingerprint density at radius 1 is 1.06 bits per heavy atom. The average molecular weight is 682 g/mol. The standard InChI is InChI=1S/C40H51N3O5Si/c1-26(2)9-8-10-27(3)21-23-43-35-20-15-31(42-38(45)29-11-13-30(41)14-12-29)25-34(35)40(39(43)46)28(4)37(36(48-40)22-24-44)49(6,7)33-18-16-32(47-5)17-19-33/h9,11-21,25,28,36-37,44H,8,10,22-24,41H2,1-7H3,(H,42,45)/b27-21+/t28-,36+,37-,40+/m1/s1. The van der Waals surface area contributed by atoms with Crippen molar-refractivity contribution in [2.45, 2.75) is 77.3 Å². The Kier molecular flexibility index (Phi) is 10.9. The predicted molar refractivity (Wildman–Crippen MR) is 201 cm³/mol. The van der Waals surface area contributed by atoms with Crippen molar-refractivity contribution in [2.24, 2.45) is 5.92 Å². The van der Waals surface area contributed by atoms with E-state index in [0.717, 1.165) is 29.8 Å². The Balaban J connectivity index is 1.57. The second-order valence-electron chi connectivity index (χ2n) is 14.3. The van der Waals surface area contributed by atoms with Crippen molar-refractivity contribution >= 4 is 42.1 Å². The van der Waals surface area contributed by atoms with Gasteiger partial charge in [0.25, 0.3) is 11.8 Å². The number of allylic oxidation sites excluding steroid dienone is 3. The number of carbonyl (C=O) groups excluding carboxylic acids is 2. The number of methoxy groups -OCH3 is 1. The van der Waals surface area contributed by atoms with Crippen molar-refractivity contribution in [3.63, 3.8) is 0 Å². The Morgan fingerprint density at radius 2 is 1.76 bits per heavy atom. The molecule has 2 amide bonds. The van der Waals surface area contributed by atoms with E-state index in [9.17, 15) is 14.7 Å². The van der Waals surface area contributed by atoms with Crippen molar-refractivity contribution < 1.29 is 24.2 Å². The van der Waals surface area contributed by atoms with Gasteiger partial charge in [0.15, 0.2) is 5.60 Å². The number of rotatable bonds is 12. The monoisotopic (exact) mass is 681 g/mol. The molecule has 0 bridgehead atoms. The zero-order chi connectivity index (χ0) is 35.5. The molecule has 3 aromatic rings. The van der Waals surface area contributed by atoms with Gasteiger partial charge in [-0.2, -0.15) is 0 Å². The fourth-order valence-electron chi connectivity index (χ4n) is 7.75. The molecule has 1 spiro atoms. The number of hydrogen-bond acceptors (Lipinski definition) is 6. The van der Waals surface area contributed by atoms with Gasteiger partial charge >= 0.3 is 0 Å². The molecule has 3 aromatic carbocycles. The minimum Gasteiger partial charge on any atom is -0.497 e. The highest BCUT2D eigenvalue weighted by Crippen LogP contribution is 2.60. The van der Waals surface area contributed by atoms with Crippen molar-refractivity contribution in [1.82, 2.24) is 0 Å². The van der Waals surface area contributed by atoms with E-state index < -0.39 is 13.7 Å². The highest BCUT2D eigenvalue weighted by Gasteiger charge is 2.66. The molecule has 4 atom stereocenters. The molecular weight excluding hydrogens is 631 g/mol. The molecule has 2 aliphatic rings. The second kappa shape index (κ2) is 14.7. The van der Waals surface area contributed by atoms with Crippen LogP contribution in [0.2, 0.25) is 18.6 Å². The minimum atomic E-state index is -2.32. The molecule has 0 aromatic heterocycles. The lowest BCUT2D eigenvalue weighted by Gasteiger charge is -2.37. The van der Waals surface area contributed by atoms with Crippen LogP contribution in [0.1, 0.15) is 62.9 Å². The van der Waals surface area contributed by atoms with E-state index in [4.69, 9.17) is 15.2 Å². The van der Waals surface area contributed by atoms with Crippen LogP contribution in [0.15, 0.2) is 90.0 Å². The van der Waals surface area contributed by atoms with Crippen LogP contribution < -0.4 is 25.9 Å². The van der Waals surface area contributed by atoms with Crippen LogP contribution in [0.5, 0.6) is 5.75 Å². The number of nitrogens with one attached hydrogen (secondary N) is 1. The molecular formula is C40H51N3O5Si. The summed E-state index contributed by atoms with van der Waals surface area (Å²) in [6, 6.07) is 20.7. The molecule has 0 unspecified atom stereocenters. The molecule has 2 aliphatic heterocycles. The molecule has 9 heteroatoms. The lowest BCUT2D eigenvalue weighted by atomic mass is 9.82. The average Bonchev–Trinajstić information content (AvgIpc) is 3.50. The zero-order valence-electron chi connectivity index (χ0n) is 29.9. The van der Waals surface area contributed by atoms with Crippen LogP contribution >= 0.6 is 0 Å². The Labute approximate surface area is 292 Å². The topological polar surface area (TPSA) is 114 Å². The van der Waals surface area contributed by atoms with Crippen molar-refractivity contribution in [2.75, 3.05) is 36.2 Å². The maximum absolute atomic E-state index is 14.9. The Bertz CT molecular complexity index is 1730. The summed E-state index contributed by atoms with van der Waals surface area (Å²) in [4.78, 5) is 30.0. The normalized spacial score (nSPS) is 22.0. The summed E-state index contributed by atoms with van der Waals surface area (Å²) in [7, 11) is -0.661. The van der Waals surface area contributed by atoms with E-state index in [1.165, 1.54) is 16.3 Å². The molecule has 2 heterocycles. The number of hydrogen-bond donors (Lipinski definition) is 3. The summed E-state index contributed by atoms with van der Waals surface area (Å²) in [5.74, 6) is 0.209. The number of benzene rings is 3. The number of ether oxygens (including phenoxy) is 2. The van der Waals surface area contributed by atoms with Crippen LogP contribution in [0.25, 0.3) is 0 Å². The quantitative estimate of drug-likeness (QED) is 0.106. The number of anilines is 3. The molecule has 0 aliphatic carbocycles. The highest BCUT2D eigenvalue weighted by atomic mass is 28.3. The predicted octanol–water partition coefficient (Wildman–Crippen LogP) is 7.17. The molecule has 0 saturated carbocycles. The van der Waals surface area contributed by atoms with Gasteiger partial charge < -0.3 is 30.5 Å². The van der Waals surface area contributed by atoms with Gasteiger partial charge in [-0.05, 0) is 100 Å². The lowest BCUT2D eigenvalue weighted by Crippen LogP contribution is -2.51. The summed E-state index contributed by atoms with van der Waals surface area (Å²) >= 11 is 0. The number of aliphatic hydroxyl groups is 1. The molecule has 4 N–H and O–H groups in total. The lowest BCUT2D eigenvalue weighted by molar-refractivity contribution is -0.146. The molecule has 1 fully saturated rings. The number of carbonyl (C=O) groups is 2. The molecule has 0 radical (unpaired) electrons. The van der Waals surface area contributed by atoms with Gasteiger partial charge in [-0.1, -0.05) is 60.6 Å². The SMILES string of the molecule is COc1ccc([Si](C)(C)[C@H]2[C@H](CCO)O[C@@]3(C(=O)N(C/C=C(\C)CCC=C(C)C)c4ccc(NC(=O)c5ccc(N)cc5)cc43)[C@@H]2C)cc1. The van der Waals surface area contributed by atoms with Gasteiger partial charge in [-0.25, -0.2) is 0 Å². The van der Waals surface area contributed by atoms with E-state index in [-0.39, 0.29) is 36.0 Å². The number of nitrogen functional groups attached to an aromatic ring is 1. The smallest absolute Gasteiger partial charge is 0.264 e. The van der Waals surface area contributed by atoms with Crippen LogP contribution in [0, 0.1) is 5.92 Å². The first-order chi connectivity index (χ1) is 23.3. The van der Waals surface area contributed by atoms with Gasteiger partial charge in [0.1, 0.15) is 5.75 Å². The van der Waals surface area contributed by atoms with Crippen LogP contribution in [-0.4, -0.2) is 51.4 Å². The number of aliphatic hydroxyl groups excluding tert-OH is 1. The molecule has 5 rings (SSSR count). The fraction of sp³-hybridized carbons (Fsp3) is 0.400. The third-order valence-corrected chi connectivity index (χ3v) is 14.8. The van der Waals surface area contributed by atoms with Crippen molar-refractivity contribution in [3.8, 4) is 5.75 Å². The largest absolute Gasteiger partial charge is 0.497 e. The number of amides is 2. The van der Waals surface area contributed by atoms with E-state index in [2.05, 4.69) is 70.4 Å². The van der Waals surface area contributed by atoms with Gasteiger partial charge in [0.05, 0.1) is 27.0 Å². The number of fused-ring (bicyclic) bond motifs is 2. The van der Waals surface area contributed by atoms with Gasteiger partial charge in [-0.15, -0.1) is 0 Å². The third-order valence-electron chi connectivity index (χ3n) is 10.4. The summed E-state index contributed by atoms with van der Waals surface area (Å²) in [5, 5.41) is 14.5. The van der Waals surface area contributed by atoms with E-state index in [1.807, 2.05) is 35.2 Å². The minimum absolute atomic E-state index is 0.0131. The first-order valence-electron chi connectivity index (χ1n) is 17.2. The van der Waals surface area contributed by atoms with Crippen molar-refractivity contribution in [3.05, 3.63) is 101 Å². The molecule has 260 valence electrons. The summed E-state index contributed by atoms with van der Waals surface area (Å²) < 4.78 is 12.5. The second-order valence-corrected chi connectivity index (χ2v) is 19.0. The van der Waals surface area contributed by atoms with Crippen molar-refractivity contribution in [1.29, 1.82) is 0 Å². The van der Waals surface area contributed by atoms with E-state index in [0.29, 0.717) is 29.9 Å². The highest BCUT2D eigenvalue weighted by molar-refractivity contribution is 6.91. The van der Waals surface area contributed by atoms with E-state index >= 15 is 0 Å². The number of nitrogens with two attached hydrogens (primary N) is 1. The van der Waals surface area contributed by atoms with Gasteiger partial charge in [0, 0.05) is 41.6 Å².